The second kappa shape index (κ2) is 16.5. The van der Waals surface area contributed by atoms with E-state index in [1.165, 1.54) is 52.1 Å². The number of imidazole rings is 1. The Labute approximate surface area is 262 Å². The number of carbonyl (C=O) groups is 1. The van der Waals surface area contributed by atoms with E-state index in [2.05, 4.69) is 15.0 Å². The summed E-state index contributed by atoms with van der Waals surface area (Å²) in [6, 6.07) is 0. The first kappa shape index (κ1) is 35.7. The van der Waals surface area contributed by atoms with E-state index in [0.717, 1.165) is 44.3 Å². The Hall–Kier alpha value is -1.82. The molecular weight excluding hydrogens is 592 g/mol. The Morgan fingerprint density at radius 1 is 0.977 bits per heavy atom. The van der Waals surface area contributed by atoms with Crippen molar-refractivity contribution >= 4 is 38.6 Å². The zero-order chi connectivity index (χ0) is 31.6. The Morgan fingerprint density at radius 2 is 1.53 bits per heavy atom. The summed E-state index contributed by atoms with van der Waals surface area (Å²) in [7, 11) is -2.19. The number of hydrogen-bond acceptors (Lipinski definition) is 9. The first-order chi connectivity index (χ1) is 20.4. The van der Waals surface area contributed by atoms with Gasteiger partial charge in [-0.3, -0.25) is 4.79 Å². The fourth-order valence-corrected chi connectivity index (χ4v) is 7.05. The van der Waals surface area contributed by atoms with Crippen LogP contribution in [-0.4, -0.2) is 64.8 Å². The number of halogens is 1. The average molecular weight is 643 g/mol. The Morgan fingerprint density at radius 3 is 2.05 bits per heavy atom. The van der Waals surface area contributed by atoms with Crippen LogP contribution in [0.5, 0.6) is 0 Å². The summed E-state index contributed by atoms with van der Waals surface area (Å²) in [6.07, 6.45) is 14.4. The van der Waals surface area contributed by atoms with Gasteiger partial charge in [0.25, 0.3) is 0 Å². The number of aromatic nitrogens is 4. The van der Waals surface area contributed by atoms with Crippen molar-refractivity contribution in [2.75, 3.05) is 13.7 Å². The van der Waals surface area contributed by atoms with E-state index in [-0.39, 0.29) is 28.3 Å². The van der Waals surface area contributed by atoms with E-state index in [1.807, 2.05) is 25.3 Å². The highest BCUT2D eigenvalue weighted by molar-refractivity contribution is 7.92. The number of rotatable bonds is 19. The second-order valence-electron chi connectivity index (χ2n) is 12.4. The van der Waals surface area contributed by atoms with Gasteiger partial charge in [0.2, 0.25) is 5.28 Å². The lowest BCUT2D eigenvalue weighted by Crippen LogP contribution is -2.32. The van der Waals surface area contributed by atoms with Crippen molar-refractivity contribution in [3.8, 4) is 0 Å². The van der Waals surface area contributed by atoms with Crippen molar-refractivity contribution in [3.05, 3.63) is 11.1 Å². The smallest absolute Gasteiger partial charge is 0.311 e. The minimum absolute atomic E-state index is 0.0265. The normalized spacial score (nSPS) is 17.6. The van der Waals surface area contributed by atoms with Gasteiger partial charge in [-0.1, -0.05) is 70.6 Å². The summed E-state index contributed by atoms with van der Waals surface area (Å²) in [5.74, 6) is -0.386. The van der Waals surface area contributed by atoms with Crippen LogP contribution in [0.25, 0.3) is 11.2 Å². The second-order valence-corrected chi connectivity index (χ2v) is 15.2. The average Bonchev–Trinajstić information content (AvgIpc) is 3.46. The molecule has 1 fully saturated rings. The van der Waals surface area contributed by atoms with E-state index in [0.29, 0.717) is 24.3 Å². The summed E-state index contributed by atoms with van der Waals surface area (Å²) in [4.78, 5) is 25.0. The predicted octanol–water partition coefficient (Wildman–Crippen LogP) is 6.98. The Balaban J connectivity index is 1.27. The molecular formula is C31H51ClN4O6S. The van der Waals surface area contributed by atoms with Gasteiger partial charge < -0.3 is 18.8 Å². The van der Waals surface area contributed by atoms with E-state index in [9.17, 15) is 13.2 Å². The third-order valence-electron chi connectivity index (χ3n) is 8.25. The lowest BCUT2D eigenvalue weighted by Gasteiger charge is -2.22. The van der Waals surface area contributed by atoms with Gasteiger partial charge in [-0.2, -0.15) is 4.98 Å². The largest absolute Gasteiger partial charge is 0.469 e. The first-order valence-corrected chi connectivity index (χ1v) is 17.8. The van der Waals surface area contributed by atoms with Crippen LogP contribution in [0.15, 0.2) is 5.03 Å². The molecule has 0 aromatic carbocycles. The number of aryl methyl sites for hydroxylation is 2. The monoisotopic (exact) mass is 642 g/mol. The standard InChI is InChI=1S/C31H51ClN4O6S/c1-22(2)43(38,39)28-26-27(34-30(32)35-28)33-23(3)36(26)20-18-16-14-12-10-8-7-9-11-13-15-17-19-24(29(37)40-6)25-21-41-31(4,5)42-25/h22,24-25H,7-21H2,1-6H3. The molecule has 2 unspecified atom stereocenters. The SMILES string of the molecule is COC(=O)C(CCCCCCCCCCCCCCn1c(C)nc2nc(Cl)nc(S(=O)(=O)C(C)C)c21)C1COC(C)(C)O1. The van der Waals surface area contributed by atoms with Gasteiger partial charge in [-0.05, 0) is 59.1 Å². The highest BCUT2D eigenvalue weighted by atomic mass is 35.5. The Kier molecular flexibility index (Phi) is 13.7. The molecule has 0 aliphatic carbocycles. The van der Waals surface area contributed by atoms with Crippen LogP contribution in [0.1, 0.15) is 117 Å². The van der Waals surface area contributed by atoms with E-state index < -0.39 is 20.9 Å². The maximum Gasteiger partial charge on any atom is 0.311 e. The van der Waals surface area contributed by atoms with Crippen LogP contribution in [0.3, 0.4) is 0 Å². The number of fused-ring (bicyclic) bond motifs is 1. The quantitative estimate of drug-likeness (QED) is 0.0691. The van der Waals surface area contributed by atoms with Crippen molar-refractivity contribution in [2.45, 2.75) is 147 Å². The van der Waals surface area contributed by atoms with E-state index >= 15 is 0 Å². The number of sulfone groups is 1. The molecule has 12 heteroatoms. The molecule has 3 rings (SSSR count). The molecule has 0 amide bonds. The molecule has 2 aromatic heterocycles. The van der Waals surface area contributed by atoms with Crippen molar-refractivity contribution in [1.82, 2.24) is 19.5 Å². The molecule has 244 valence electrons. The molecule has 43 heavy (non-hydrogen) atoms. The molecule has 0 spiro atoms. The summed E-state index contributed by atoms with van der Waals surface area (Å²) in [5.41, 5.74) is 0.792. The van der Waals surface area contributed by atoms with Crippen LogP contribution in [0, 0.1) is 12.8 Å². The molecule has 0 N–H and O–H groups in total. The fourth-order valence-electron chi connectivity index (χ4n) is 5.71. The minimum atomic E-state index is -3.63. The number of nitrogens with zero attached hydrogens (tertiary/aromatic N) is 4. The molecule has 3 heterocycles. The summed E-state index contributed by atoms with van der Waals surface area (Å²) in [5, 5.41) is -0.742. The zero-order valence-corrected chi connectivity index (χ0v) is 28.4. The van der Waals surface area contributed by atoms with Gasteiger partial charge in [0.1, 0.15) is 11.3 Å². The van der Waals surface area contributed by atoms with Gasteiger partial charge in [0.05, 0.1) is 31.0 Å². The maximum absolute atomic E-state index is 13.0. The fraction of sp³-hybridized carbons (Fsp3) is 0.806. The summed E-state index contributed by atoms with van der Waals surface area (Å²) in [6.45, 7) is 10.0. The number of hydrogen-bond donors (Lipinski definition) is 0. The molecule has 10 nitrogen and oxygen atoms in total. The van der Waals surface area contributed by atoms with Gasteiger partial charge >= 0.3 is 5.97 Å². The summed E-state index contributed by atoms with van der Waals surface area (Å²) < 4.78 is 44.4. The molecule has 2 atom stereocenters. The third-order valence-corrected chi connectivity index (χ3v) is 10.5. The van der Waals surface area contributed by atoms with Crippen molar-refractivity contribution in [3.63, 3.8) is 0 Å². The van der Waals surface area contributed by atoms with Crippen molar-refractivity contribution in [1.29, 1.82) is 0 Å². The molecule has 1 saturated heterocycles. The van der Waals surface area contributed by atoms with E-state index in [1.54, 1.807) is 13.8 Å². The molecule has 2 aromatic rings. The lowest BCUT2D eigenvalue weighted by molar-refractivity contribution is -0.162. The number of ether oxygens (including phenoxy) is 3. The molecule has 1 aliphatic heterocycles. The van der Waals surface area contributed by atoms with E-state index in [4.69, 9.17) is 25.8 Å². The van der Waals surface area contributed by atoms with Crippen LogP contribution < -0.4 is 0 Å². The summed E-state index contributed by atoms with van der Waals surface area (Å²) >= 11 is 6.03. The highest BCUT2D eigenvalue weighted by Crippen LogP contribution is 2.30. The van der Waals surface area contributed by atoms with Crippen LogP contribution in [0.4, 0.5) is 0 Å². The topological polar surface area (TPSA) is 122 Å². The van der Waals surface area contributed by atoms with Gasteiger partial charge in [0.15, 0.2) is 26.3 Å². The number of esters is 1. The number of carbonyl (C=O) groups excluding carboxylic acids is 1. The van der Waals surface area contributed by atoms with Gasteiger partial charge in [0, 0.05) is 6.54 Å². The maximum atomic E-state index is 13.0. The van der Waals surface area contributed by atoms with Crippen molar-refractivity contribution < 1.29 is 27.4 Å². The van der Waals surface area contributed by atoms with Gasteiger partial charge in [-0.15, -0.1) is 0 Å². The number of methoxy groups -OCH3 is 1. The molecule has 0 saturated carbocycles. The molecule has 0 radical (unpaired) electrons. The van der Waals surface area contributed by atoms with Crippen LogP contribution in [0.2, 0.25) is 5.28 Å². The van der Waals surface area contributed by atoms with Crippen LogP contribution in [-0.2, 0) is 35.4 Å². The number of unbranched alkanes of at least 4 members (excludes halogenated alkanes) is 11. The third kappa shape index (κ3) is 10.1. The van der Waals surface area contributed by atoms with Crippen LogP contribution >= 0.6 is 11.6 Å². The first-order valence-electron chi connectivity index (χ1n) is 15.9. The molecule has 0 bridgehead atoms. The lowest BCUT2D eigenvalue weighted by atomic mass is 9.95. The highest BCUT2D eigenvalue weighted by Gasteiger charge is 2.40. The van der Waals surface area contributed by atoms with Crippen molar-refractivity contribution in [2.24, 2.45) is 5.92 Å². The molecule has 1 aliphatic rings. The predicted molar refractivity (Wildman–Crippen MR) is 168 cm³/mol. The zero-order valence-electron chi connectivity index (χ0n) is 26.9. The van der Waals surface area contributed by atoms with Gasteiger partial charge in [-0.25, -0.2) is 18.4 Å². The Bertz CT molecular complexity index is 1300. The minimum Gasteiger partial charge on any atom is -0.469 e.